The fourth-order valence-electron chi connectivity index (χ4n) is 4.81. The fraction of sp³-hybridized carbons (Fsp3) is 0.276. The van der Waals surface area contributed by atoms with Crippen molar-refractivity contribution in [2.75, 3.05) is 25.0 Å². The average Bonchev–Trinajstić information content (AvgIpc) is 3.26. The molecule has 3 aromatic carbocycles. The lowest BCUT2D eigenvalue weighted by Gasteiger charge is -2.32. The number of carbonyl (C=O) groups is 2. The Morgan fingerprint density at radius 3 is 2.38 bits per heavy atom. The Morgan fingerprint density at radius 2 is 1.65 bits per heavy atom. The molecule has 5 rings (SSSR count). The van der Waals surface area contributed by atoms with Gasteiger partial charge in [0.1, 0.15) is 18.2 Å². The van der Waals surface area contributed by atoms with Gasteiger partial charge in [-0.1, -0.05) is 30.3 Å². The van der Waals surface area contributed by atoms with Crippen molar-refractivity contribution < 1.29 is 14.3 Å². The van der Waals surface area contributed by atoms with Crippen molar-refractivity contribution in [3.8, 4) is 5.75 Å². The van der Waals surface area contributed by atoms with Gasteiger partial charge < -0.3 is 20.4 Å². The van der Waals surface area contributed by atoms with Gasteiger partial charge in [0, 0.05) is 17.8 Å². The number of hydrogen-bond acceptors (Lipinski definition) is 5. The molecular weight excluding hydrogens is 466 g/mol. The molecular formula is C29H31N5O3. The number of carbonyl (C=O) groups excluding carboxylic acids is 2. The van der Waals surface area contributed by atoms with E-state index in [1.807, 2.05) is 48.5 Å². The summed E-state index contributed by atoms with van der Waals surface area (Å²) in [6.45, 7) is 3.36. The smallest absolute Gasteiger partial charge is 0.248 e. The van der Waals surface area contributed by atoms with Crippen LogP contribution in [0.3, 0.4) is 0 Å². The van der Waals surface area contributed by atoms with Gasteiger partial charge in [-0.2, -0.15) is 0 Å². The van der Waals surface area contributed by atoms with E-state index in [9.17, 15) is 9.59 Å². The highest BCUT2D eigenvalue weighted by molar-refractivity contribution is 5.95. The van der Waals surface area contributed by atoms with Crippen molar-refractivity contribution >= 4 is 28.5 Å². The van der Waals surface area contributed by atoms with Crippen LogP contribution in [0.2, 0.25) is 0 Å². The van der Waals surface area contributed by atoms with Crippen LogP contribution in [0.4, 0.5) is 5.69 Å². The van der Waals surface area contributed by atoms with Gasteiger partial charge in [-0.3, -0.25) is 14.5 Å². The van der Waals surface area contributed by atoms with Gasteiger partial charge in [-0.15, -0.1) is 0 Å². The predicted octanol–water partition coefficient (Wildman–Crippen LogP) is 4.06. The molecule has 0 unspecified atom stereocenters. The molecule has 0 aliphatic carbocycles. The van der Waals surface area contributed by atoms with E-state index in [4.69, 9.17) is 15.5 Å². The van der Waals surface area contributed by atoms with Gasteiger partial charge in [0.15, 0.2) is 0 Å². The molecule has 190 valence electrons. The number of para-hydroxylation sites is 3. The zero-order valence-corrected chi connectivity index (χ0v) is 20.7. The molecule has 0 spiro atoms. The maximum Gasteiger partial charge on any atom is 0.248 e. The number of nitrogens with one attached hydrogen (secondary N) is 1. The molecule has 8 heteroatoms. The number of ether oxygens (including phenoxy) is 1. The maximum atomic E-state index is 12.5. The standard InChI is InChI=1S/C29H31N5O3/c30-29(36)22-10-12-23(13-11-22)31-28(35)19-33-16-14-21(15-17-33)18-34-26-9-5-4-8-25(26)32-27(34)20-37-24-6-2-1-3-7-24/h1-13,21H,14-20H2,(H2,30,36)(H,31,35). The van der Waals surface area contributed by atoms with Crippen LogP contribution < -0.4 is 15.8 Å². The normalized spacial score (nSPS) is 14.5. The summed E-state index contributed by atoms with van der Waals surface area (Å²) in [6, 6.07) is 24.6. The summed E-state index contributed by atoms with van der Waals surface area (Å²) in [6.07, 6.45) is 2.01. The minimum Gasteiger partial charge on any atom is -0.486 e. The number of hydrogen-bond donors (Lipinski definition) is 2. The molecule has 1 fully saturated rings. The average molecular weight is 498 g/mol. The minimum atomic E-state index is -0.486. The Morgan fingerprint density at radius 1 is 0.946 bits per heavy atom. The van der Waals surface area contributed by atoms with E-state index in [0.29, 0.717) is 30.3 Å². The van der Waals surface area contributed by atoms with Crippen molar-refractivity contribution in [3.05, 3.63) is 90.3 Å². The molecule has 3 N–H and O–H groups in total. The number of nitrogens with two attached hydrogens (primary N) is 1. The van der Waals surface area contributed by atoms with Crippen LogP contribution in [0, 0.1) is 5.92 Å². The van der Waals surface area contributed by atoms with E-state index in [0.717, 1.165) is 55.1 Å². The molecule has 1 aliphatic heterocycles. The molecule has 8 nitrogen and oxygen atoms in total. The van der Waals surface area contributed by atoms with E-state index >= 15 is 0 Å². The second-order valence-electron chi connectivity index (χ2n) is 9.44. The number of rotatable bonds is 9. The van der Waals surface area contributed by atoms with Gasteiger partial charge in [0.25, 0.3) is 0 Å². The zero-order chi connectivity index (χ0) is 25.6. The largest absolute Gasteiger partial charge is 0.486 e. The first kappa shape index (κ1) is 24.5. The highest BCUT2D eigenvalue weighted by atomic mass is 16.5. The maximum absolute atomic E-state index is 12.5. The van der Waals surface area contributed by atoms with Crippen LogP contribution in [-0.2, 0) is 17.9 Å². The Kier molecular flexibility index (Phi) is 7.46. The number of amides is 2. The summed E-state index contributed by atoms with van der Waals surface area (Å²) in [7, 11) is 0. The van der Waals surface area contributed by atoms with E-state index in [2.05, 4.69) is 20.9 Å². The number of imidazole rings is 1. The molecule has 1 aliphatic rings. The number of anilines is 1. The molecule has 4 aromatic rings. The number of likely N-dealkylation sites (tertiary alicyclic amines) is 1. The van der Waals surface area contributed by atoms with Gasteiger partial charge in [-0.25, -0.2) is 4.98 Å². The Balaban J connectivity index is 1.16. The molecule has 0 atom stereocenters. The topological polar surface area (TPSA) is 102 Å². The molecule has 2 heterocycles. The molecule has 37 heavy (non-hydrogen) atoms. The number of benzene rings is 3. The lowest BCUT2D eigenvalue weighted by molar-refractivity contribution is -0.117. The summed E-state index contributed by atoms with van der Waals surface area (Å²) in [4.78, 5) is 30.8. The monoisotopic (exact) mass is 497 g/mol. The summed E-state index contributed by atoms with van der Waals surface area (Å²) >= 11 is 0. The van der Waals surface area contributed by atoms with Crippen LogP contribution in [0.5, 0.6) is 5.75 Å². The van der Waals surface area contributed by atoms with Gasteiger partial charge >= 0.3 is 0 Å². The van der Waals surface area contributed by atoms with Gasteiger partial charge in [0.05, 0.1) is 17.6 Å². The third-order valence-corrected chi connectivity index (χ3v) is 6.81. The highest BCUT2D eigenvalue weighted by Gasteiger charge is 2.23. The second-order valence-corrected chi connectivity index (χ2v) is 9.44. The number of primary amides is 1. The molecule has 2 amide bonds. The van der Waals surface area contributed by atoms with E-state index in [1.165, 1.54) is 0 Å². The van der Waals surface area contributed by atoms with Crippen molar-refractivity contribution in [2.45, 2.75) is 26.0 Å². The molecule has 0 saturated carbocycles. The zero-order valence-electron chi connectivity index (χ0n) is 20.7. The second kappa shape index (κ2) is 11.3. The van der Waals surface area contributed by atoms with Crippen molar-refractivity contribution in [1.82, 2.24) is 14.5 Å². The molecule has 0 bridgehead atoms. The minimum absolute atomic E-state index is 0.0637. The van der Waals surface area contributed by atoms with Crippen LogP contribution in [0.15, 0.2) is 78.9 Å². The molecule has 1 aromatic heterocycles. The quantitative estimate of drug-likeness (QED) is 0.363. The first-order valence-corrected chi connectivity index (χ1v) is 12.6. The number of nitrogens with zero attached hydrogens (tertiary/aromatic N) is 3. The SMILES string of the molecule is NC(=O)c1ccc(NC(=O)CN2CCC(Cn3c(COc4ccccc4)nc4ccccc43)CC2)cc1. The van der Waals surface area contributed by atoms with E-state index < -0.39 is 5.91 Å². The Hall–Kier alpha value is -4.17. The molecule has 0 radical (unpaired) electrons. The van der Waals surface area contributed by atoms with Crippen molar-refractivity contribution in [1.29, 1.82) is 0 Å². The summed E-state index contributed by atoms with van der Waals surface area (Å²) in [5, 5.41) is 2.90. The first-order valence-electron chi connectivity index (χ1n) is 12.6. The van der Waals surface area contributed by atoms with Gasteiger partial charge in [0.2, 0.25) is 11.8 Å². The van der Waals surface area contributed by atoms with Crippen LogP contribution >= 0.6 is 0 Å². The number of fused-ring (bicyclic) bond motifs is 1. The van der Waals surface area contributed by atoms with Crippen molar-refractivity contribution in [2.24, 2.45) is 11.7 Å². The summed E-state index contributed by atoms with van der Waals surface area (Å²) in [5.41, 5.74) is 8.45. The Bertz CT molecular complexity index is 1360. The third kappa shape index (κ3) is 6.16. The lowest BCUT2D eigenvalue weighted by atomic mass is 9.96. The number of piperidine rings is 1. The van der Waals surface area contributed by atoms with E-state index in [-0.39, 0.29) is 5.91 Å². The summed E-state index contributed by atoms with van der Waals surface area (Å²) in [5.74, 6) is 1.70. The first-order chi connectivity index (χ1) is 18.0. The summed E-state index contributed by atoms with van der Waals surface area (Å²) < 4.78 is 8.31. The van der Waals surface area contributed by atoms with Gasteiger partial charge in [-0.05, 0) is 80.4 Å². The van der Waals surface area contributed by atoms with Crippen molar-refractivity contribution in [3.63, 3.8) is 0 Å². The third-order valence-electron chi connectivity index (χ3n) is 6.81. The highest BCUT2D eigenvalue weighted by Crippen LogP contribution is 2.24. The van der Waals surface area contributed by atoms with Crippen LogP contribution in [0.25, 0.3) is 11.0 Å². The predicted molar refractivity (Wildman–Crippen MR) is 143 cm³/mol. The van der Waals surface area contributed by atoms with Crippen LogP contribution in [-0.4, -0.2) is 45.9 Å². The Labute approximate surface area is 216 Å². The molecule has 1 saturated heterocycles. The number of aromatic nitrogens is 2. The van der Waals surface area contributed by atoms with E-state index in [1.54, 1.807) is 24.3 Å². The lowest BCUT2D eigenvalue weighted by Crippen LogP contribution is -2.40. The van der Waals surface area contributed by atoms with Crippen LogP contribution in [0.1, 0.15) is 29.0 Å². The fourth-order valence-corrected chi connectivity index (χ4v) is 4.81.